The van der Waals surface area contributed by atoms with E-state index in [1.165, 1.54) is 0 Å². The summed E-state index contributed by atoms with van der Waals surface area (Å²) in [5, 5.41) is 0. The van der Waals surface area contributed by atoms with Crippen LogP contribution in [0.3, 0.4) is 0 Å². The van der Waals surface area contributed by atoms with Crippen molar-refractivity contribution in [1.82, 2.24) is 9.80 Å². The number of carbonyl (C=O) groups is 2. The normalized spacial score (nSPS) is 23.0. The first kappa shape index (κ1) is 20.1. The third-order valence-corrected chi connectivity index (χ3v) is 5.51. The SMILES string of the molecule is CN1C(=O)C(C)(Cc2ccccc2)CN(C(=O)c2ccccc2)C1C(C)(C)C. The standard InChI is InChI=1S/C24H30N2O2/c1-23(2,3)21-25(5)22(28)24(4,16-18-12-8-6-9-13-18)17-26(21)20(27)19-14-10-7-11-15-19/h6-15,21H,16-17H2,1-5H3. The van der Waals surface area contributed by atoms with Gasteiger partial charge in [0.25, 0.3) is 5.91 Å². The maximum Gasteiger partial charge on any atom is 0.255 e. The van der Waals surface area contributed by atoms with Crippen LogP contribution in [-0.2, 0) is 11.2 Å². The van der Waals surface area contributed by atoms with Gasteiger partial charge in [-0.05, 0) is 31.0 Å². The number of benzene rings is 2. The number of amides is 2. The zero-order chi connectivity index (χ0) is 20.5. The molecule has 28 heavy (non-hydrogen) atoms. The number of nitrogens with zero attached hydrogens (tertiary/aromatic N) is 2. The minimum absolute atomic E-state index is 0.0286. The molecule has 2 atom stereocenters. The molecule has 3 rings (SSSR count). The molecule has 4 nitrogen and oxygen atoms in total. The molecule has 2 unspecified atom stereocenters. The molecule has 4 heteroatoms. The lowest BCUT2D eigenvalue weighted by Crippen LogP contribution is -2.68. The van der Waals surface area contributed by atoms with Gasteiger partial charge in [-0.25, -0.2) is 0 Å². The highest BCUT2D eigenvalue weighted by atomic mass is 16.2. The van der Waals surface area contributed by atoms with Crippen molar-refractivity contribution < 1.29 is 9.59 Å². The minimum Gasteiger partial charge on any atom is -0.324 e. The number of hydrogen-bond acceptors (Lipinski definition) is 2. The van der Waals surface area contributed by atoms with Crippen molar-refractivity contribution in [3.05, 3.63) is 71.8 Å². The van der Waals surface area contributed by atoms with E-state index in [-0.39, 0.29) is 23.4 Å². The summed E-state index contributed by atoms with van der Waals surface area (Å²) in [4.78, 5) is 30.5. The Morgan fingerprint density at radius 1 is 1.04 bits per heavy atom. The summed E-state index contributed by atoms with van der Waals surface area (Å²) in [6.07, 6.45) is 0.309. The Kier molecular flexibility index (Phi) is 5.33. The smallest absolute Gasteiger partial charge is 0.255 e. The molecule has 148 valence electrons. The largest absolute Gasteiger partial charge is 0.324 e. The number of carbonyl (C=O) groups excluding carboxylic acids is 2. The molecule has 1 heterocycles. The second-order valence-corrected chi connectivity index (χ2v) is 9.18. The summed E-state index contributed by atoms with van der Waals surface area (Å²) in [6.45, 7) is 8.61. The first-order chi connectivity index (χ1) is 13.1. The van der Waals surface area contributed by atoms with Crippen molar-refractivity contribution in [2.45, 2.75) is 40.3 Å². The van der Waals surface area contributed by atoms with Gasteiger partial charge in [0.05, 0.1) is 5.41 Å². The zero-order valence-electron chi connectivity index (χ0n) is 17.5. The second kappa shape index (κ2) is 7.42. The molecule has 0 bridgehead atoms. The Labute approximate surface area is 168 Å². The molecule has 2 amide bonds. The fourth-order valence-corrected chi connectivity index (χ4v) is 4.43. The molecule has 1 aliphatic rings. The van der Waals surface area contributed by atoms with Crippen molar-refractivity contribution in [3.63, 3.8) is 0 Å². The minimum atomic E-state index is -0.664. The summed E-state index contributed by atoms with van der Waals surface area (Å²) in [6, 6.07) is 19.4. The first-order valence-electron chi connectivity index (χ1n) is 9.81. The Morgan fingerprint density at radius 2 is 1.57 bits per heavy atom. The van der Waals surface area contributed by atoms with E-state index < -0.39 is 5.41 Å². The van der Waals surface area contributed by atoms with E-state index in [0.29, 0.717) is 18.5 Å². The highest BCUT2D eigenvalue weighted by Crippen LogP contribution is 2.39. The molecule has 0 radical (unpaired) electrons. The van der Waals surface area contributed by atoms with Crippen LogP contribution < -0.4 is 0 Å². The van der Waals surface area contributed by atoms with Crippen LogP contribution in [0, 0.1) is 10.8 Å². The van der Waals surface area contributed by atoms with Gasteiger partial charge in [0.1, 0.15) is 6.17 Å². The lowest BCUT2D eigenvalue weighted by molar-refractivity contribution is -0.161. The predicted octanol–water partition coefficient (Wildman–Crippen LogP) is 4.22. The van der Waals surface area contributed by atoms with E-state index in [9.17, 15) is 9.59 Å². The molecule has 0 aliphatic carbocycles. The average molecular weight is 379 g/mol. The summed E-state index contributed by atoms with van der Waals surface area (Å²) < 4.78 is 0. The fraction of sp³-hybridized carbons (Fsp3) is 0.417. The Balaban J connectivity index is 2.01. The lowest BCUT2D eigenvalue weighted by Gasteiger charge is -2.54. The Bertz CT molecular complexity index is 842. The molecule has 1 aliphatic heterocycles. The Hall–Kier alpha value is -2.62. The molecule has 0 aromatic heterocycles. The van der Waals surface area contributed by atoms with Crippen LogP contribution >= 0.6 is 0 Å². The quantitative estimate of drug-likeness (QED) is 0.802. The highest BCUT2D eigenvalue weighted by Gasteiger charge is 2.51. The number of rotatable bonds is 3. The van der Waals surface area contributed by atoms with Gasteiger partial charge < -0.3 is 9.80 Å². The molecule has 1 saturated heterocycles. The van der Waals surface area contributed by atoms with Gasteiger partial charge in [-0.2, -0.15) is 0 Å². The van der Waals surface area contributed by atoms with Crippen LogP contribution in [0.25, 0.3) is 0 Å². The van der Waals surface area contributed by atoms with Crippen molar-refractivity contribution in [3.8, 4) is 0 Å². The first-order valence-corrected chi connectivity index (χ1v) is 9.81. The molecule has 2 aromatic carbocycles. The van der Waals surface area contributed by atoms with Gasteiger partial charge >= 0.3 is 0 Å². The summed E-state index contributed by atoms with van der Waals surface area (Å²) >= 11 is 0. The van der Waals surface area contributed by atoms with Crippen LogP contribution in [-0.4, -0.2) is 41.4 Å². The third-order valence-electron chi connectivity index (χ3n) is 5.51. The van der Waals surface area contributed by atoms with Crippen molar-refractivity contribution >= 4 is 11.8 Å². The molecular weight excluding hydrogens is 348 g/mol. The van der Waals surface area contributed by atoms with Gasteiger partial charge in [0.2, 0.25) is 5.91 Å². The number of hydrogen-bond donors (Lipinski definition) is 0. The van der Waals surface area contributed by atoms with Crippen molar-refractivity contribution in [2.75, 3.05) is 13.6 Å². The molecule has 1 fully saturated rings. The van der Waals surface area contributed by atoms with Crippen molar-refractivity contribution in [1.29, 1.82) is 0 Å². The van der Waals surface area contributed by atoms with Gasteiger partial charge in [-0.3, -0.25) is 9.59 Å². The fourth-order valence-electron chi connectivity index (χ4n) is 4.43. The summed E-state index contributed by atoms with van der Waals surface area (Å²) in [7, 11) is 1.83. The predicted molar refractivity (Wildman–Crippen MR) is 112 cm³/mol. The van der Waals surface area contributed by atoms with Gasteiger partial charge in [0, 0.05) is 24.6 Å². The van der Waals surface area contributed by atoms with Gasteiger partial charge in [-0.1, -0.05) is 69.3 Å². The lowest BCUT2D eigenvalue weighted by atomic mass is 9.76. The maximum absolute atomic E-state index is 13.4. The zero-order valence-corrected chi connectivity index (χ0v) is 17.5. The van der Waals surface area contributed by atoms with E-state index in [2.05, 4.69) is 20.8 Å². The van der Waals surface area contributed by atoms with Crippen LogP contribution in [0.15, 0.2) is 60.7 Å². The maximum atomic E-state index is 13.4. The topological polar surface area (TPSA) is 40.6 Å². The van der Waals surface area contributed by atoms with Crippen molar-refractivity contribution in [2.24, 2.45) is 10.8 Å². The molecular formula is C24H30N2O2. The van der Waals surface area contributed by atoms with Crippen LogP contribution in [0.5, 0.6) is 0 Å². The van der Waals surface area contributed by atoms with E-state index >= 15 is 0 Å². The van der Waals surface area contributed by atoms with Gasteiger partial charge in [-0.15, -0.1) is 0 Å². The monoisotopic (exact) mass is 378 g/mol. The summed E-state index contributed by atoms with van der Waals surface area (Å²) in [5.41, 5.74) is 0.834. The highest BCUT2D eigenvalue weighted by molar-refractivity contribution is 5.96. The summed E-state index contributed by atoms with van der Waals surface area (Å²) in [5.74, 6) is 0.0625. The van der Waals surface area contributed by atoms with Crippen LogP contribution in [0.2, 0.25) is 0 Å². The molecule has 0 N–H and O–H groups in total. The van der Waals surface area contributed by atoms with Crippen LogP contribution in [0.1, 0.15) is 43.6 Å². The van der Waals surface area contributed by atoms with Crippen LogP contribution in [0.4, 0.5) is 0 Å². The van der Waals surface area contributed by atoms with E-state index in [4.69, 9.17) is 0 Å². The molecule has 0 saturated carbocycles. The second-order valence-electron chi connectivity index (χ2n) is 9.18. The van der Waals surface area contributed by atoms with E-state index in [0.717, 1.165) is 5.56 Å². The molecule has 0 spiro atoms. The molecule has 2 aromatic rings. The Morgan fingerprint density at radius 3 is 2.11 bits per heavy atom. The van der Waals surface area contributed by atoms with E-state index in [1.807, 2.05) is 79.5 Å². The van der Waals surface area contributed by atoms with Gasteiger partial charge in [0.15, 0.2) is 0 Å². The van der Waals surface area contributed by atoms with E-state index in [1.54, 1.807) is 4.90 Å². The average Bonchev–Trinajstić information content (AvgIpc) is 2.65. The third kappa shape index (κ3) is 3.82.